The molecule has 0 bridgehead atoms. The van der Waals surface area contributed by atoms with Crippen LogP contribution >= 0.6 is 11.3 Å². The zero-order valence-corrected chi connectivity index (χ0v) is 15.9. The van der Waals surface area contributed by atoms with E-state index in [2.05, 4.69) is 16.8 Å². The molecule has 1 saturated heterocycles. The van der Waals surface area contributed by atoms with Gasteiger partial charge in [0.1, 0.15) is 6.54 Å². The second-order valence-electron chi connectivity index (χ2n) is 6.74. The Hall–Kier alpha value is -2.91. The molecule has 2 aliphatic heterocycles. The predicted octanol–water partition coefficient (Wildman–Crippen LogP) is 1.33. The normalized spacial score (nSPS) is 16.6. The minimum absolute atomic E-state index is 0.0383. The maximum atomic E-state index is 12.5. The number of carbonyl (C=O) groups excluding carboxylic acids is 1. The summed E-state index contributed by atoms with van der Waals surface area (Å²) >= 11 is 1.70. The van der Waals surface area contributed by atoms with Gasteiger partial charge in [0.2, 0.25) is 12.7 Å². The molecule has 0 atom stereocenters. The Kier molecular flexibility index (Phi) is 5.27. The van der Waals surface area contributed by atoms with Crippen LogP contribution < -0.4 is 14.4 Å². The van der Waals surface area contributed by atoms with E-state index in [0.717, 1.165) is 19.6 Å². The molecular formula is C19H20N3O5S+. The van der Waals surface area contributed by atoms with Gasteiger partial charge in [-0.2, -0.15) is 11.3 Å². The van der Waals surface area contributed by atoms with Gasteiger partial charge in [-0.15, -0.1) is 0 Å². The van der Waals surface area contributed by atoms with Crippen molar-refractivity contribution in [1.29, 1.82) is 0 Å². The van der Waals surface area contributed by atoms with Crippen LogP contribution in [0.25, 0.3) is 6.08 Å². The van der Waals surface area contributed by atoms with Gasteiger partial charge in [-0.25, -0.2) is 0 Å². The van der Waals surface area contributed by atoms with Crippen molar-refractivity contribution in [2.45, 2.75) is 6.54 Å². The molecule has 1 fully saturated rings. The number of thiophene rings is 1. The molecule has 28 heavy (non-hydrogen) atoms. The molecule has 1 amide bonds. The molecule has 0 spiro atoms. The van der Waals surface area contributed by atoms with E-state index < -0.39 is 4.92 Å². The summed E-state index contributed by atoms with van der Waals surface area (Å²) in [5, 5.41) is 15.5. The molecule has 0 saturated carbocycles. The van der Waals surface area contributed by atoms with Gasteiger partial charge in [0.15, 0.2) is 11.5 Å². The second kappa shape index (κ2) is 7.99. The lowest BCUT2D eigenvalue weighted by molar-refractivity contribution is -0.917. The van der Waals surface area contributed by atoms with Crippen LogP contribution in [0.3, 0.4) is 0 Å². The average molecular weight is 402 g/mol. The van der Waals surface area contributed by atoms with Crippen LogP contribution in [0, 0.1) is 10.1 Å². The second-order valence-corrected chi connectivity index (χ2v) is 7.52. The first kappa shape index (κ1) is 18.5. The van der Waals surface area contributed by atoms with E-state index in [1.54, 1.807) is 16.2 Å². The van der Waals surface area contributed by atoms with Crippen molar-refractivity contribution in [3.05, 3.63) is 56.3 Å². The minimum Gasteiger partial charge on any atom is -0.454 e. The highest BCUT2D eigenvalue weighted by atomic mass is 32.1. The first-order valence-corrected chi connectivity index (χ1v) is 9.94. The number of nitro benzene ring substituents is 1. The van der Waals surface area contributed by atoms with Gasteiger partial charge in [0.25, 0.3) is 5.69 Å². The summed E-state index contributed by atoms with van der Waals surface area (Å²) in [6.07, 6.45) is 2.88. The van der Waals surface area contributed by atoms with Crippen LogP contribution in [0.2, 0.25) is 0 Å². The molecule has 1 aromatic carbocycles. The van der Waals surface area contributed by atoms with Crippen LogP contribution in [-0.4, -0.2) is 48.7 Å². The topological polar surface area (TPSA) is 86.3 Å². The first-order chi connectivity index (χ1) is 13.6. The lowest BCUT2D eigenvalue weighted by atomic mass is 10.1. The number of hydrogen-bond acceptors (Lipinski definition) is 6. The molecule has 8 nitrogen and oxygen atoms in total. The summed E-state index contributed by atoms with van der Waals surface area (Å²) in [7, 11) is 0. The summed E-state index contributed by atoms with van der Waals surface area (Å²) in [5.41, 5.74) is 1.54. The molecule has 3 heterocycles. The fourth-order valence-electron chi connectivity index (χ4n) is 3.41. The van der Waals surface area contributed by atoms with Crippen LogP contribution in [0.1, 0.15) is 11.1 Å². The zero-order chi connectivity index (χ0) is 19.5. The lowest BCUT2D eigenvalue weighted by Gasteiger charge is -2.31. The fourth-order valence-corrected chi connectivity index (χ4v) is 4.08. The molecular weight excluding hydrogens is 382 g/mol. The number of carbonyl (C=O) groups is 1. The zero-order valence-electron chi connectivity index (χ0n) is 15.1. The molecule has 146 valence electrons. The molecule has 0 unspecified atom stereocenters. The summed E-state index contributed by atoms with van der Waals surface area (Å²) in [5.74, 6) is 0.657. The predicted molar refractivity (Wildman–Crippen MR) is 104 cm³/mol. The summed E-state index contributed by atoms with van der Waals surface area (Å²) in [4.78, 5) is 26.6. The monoisotopic (exact) mass is 402 g/mol. The van der Waals surface area contributed by atoms with Crippen LogP contribution in [0.5, 0.6) is 11.5 Å². The standard InChI is InChI=1S/C19H19N3O5S/c23-19(21-6-4-20(5-7-21)11-14-3-8-28-12-14)2-1-15-9-17-18(27-13-26-17)10-16(15)22(24)25/h1-3,8-10,12H,4-7,11,13H2/p+1/b2-1+. The average Bonchev–Trinajstić information content (AvgIpc) is 3.37. The Labute approximate surface area is 165 Å². The highest BCUT2D eigenvalue weighted by Crippen LogP contribution is 2.38. The Morgan fingerprint density at radius 2 is 2.04 bits per heavy atom. The summed E-state index contributed by atoms with van der Waals surface area (Å²) in [6.45, 7) is 4.14. The van der Waals surface area contributed by atoms with E-state index in [-0.39, 0.29) is 18.4 Å². The van der Waals surface area contributed by atoms with Crippen molar-refractivity contribution >= 4 is 29.0 Å². The van der Waals surface area contributed by atoms with E-state index in [0.29, 0.717) is 30.2 Å². The molecule has 4 rings (SSSR count). The minimum atomic E-state index is -0.487. The molecule has 1 aromatic heterocycles. The van der Waals surface area contributed by atoms with E-state index in [1.165, 1.54) is 34.7 Å². The maximum Gasteiger partial charge on any atom is 0.280 e. The number of ether oxygens (including phenoxy) is 2. The first-order valence-electron chi connectivity index (χ1n) is 9.00. The molecule has 2 aromatic rings. The van der Waals surface area contributed by atoms with E-state index in [1.807, 2.05) is 0 Å². The number of quaternary nitrogens is 1. The van der Waals surface area contributed by atoms with Crippen LogP contribution in [-0.2, 0) is 11.3 Å². The van der Waals surface area contributed by atoms with Gasteiger partial charge in [-0.05, 0) is 29.0 Å². The van der Waals surface area contributed by atoms with Gasteiger partial charge in [-0.1, -0.05) is 0 Å². The van der Waals surface area contributed by atoms with E-state index in [4.69, 9.17) is 9.47 Å². The Morgan fingerprint density at radius 1 is 1.29 bits per heavy atom. The third kappa shape index (κ3) is 4.00. The number of amides is 1. The Bertz CT molecular complexity index is 905. The number of nitrogens with one attached hydrogen (secondary N) is 1. The Balaban J connectivity index is 1.39. The smallest absolute Gasteiger partial charge is 0.280 e. The largest absolute Gasteiger partial charge is 0.454 e. The fraction of sp³-hybridized carbons (Fsp3) is 0.316. The maximum absolute atomic E-state index is 12.5. The Morgan fingerprint density at radius 3 is 2.71 bits per heavy atom. The molecule has 2 aliphatic rings. The van der Waals surface area contributed by atoms with Crippen LogP contribution in [0.4, 0.5) is 5.69 Å². The van der Waals surface area contributed by atoms with Crippen molar-refractivity contribution in [3.8, 4) is 11.5 Å². The molecule has 0 aliphatic carbocycles. The van der Waals surface area contributed by atoms with E-state index >= 15 is 0 Å². The van der Waals surface area contributed by atoms with Gasteiger partial charge in [0.05, 0.1) is 42.7 Å². The van der Waals surface area contributed by atoms with Crippen molar-refractivity contribution < 1.29 is 24.1 Å². The molecule has 1 N–H and O–H groups in total. The van der Waals surface area contributed by atoms with Gasteiger partial charge in [-0.3, -0.25) is 14.9 Å². The lowest BCUT2D eigenvalue weighted by Crippen LogP contribution is -3.13. The van der Waals surface area contributed by atoms with Gasteiger partial charge < -0.3 is 19.3 Å². The van der Waals surface area contributed by atoms with Crippen molar-refractivity contribution in [1.82, 2.24) is 4.90 Å². The summed E-state index contributed by atoms with van der Waals surface area (Å²) < 4.78 is 10.5. The SMILES string of the molecule is O=C(/C=C/c1cc2c(cc1[N+](=O)[O-])OCO2)N1CC[NH+](Cc2ccsc2)CC1. The van der Waals surface area contributed by atoms with Crippen molar-refractivity contribution in [3.63, 3.8) is 0 Å². The van der Waals surface area contributed by atoms with Gasteiger partial charge in [0, 0.05) is 11.6 Å². The third-order valence-electron chi connectivity index (χ3n) is 4.94. The number of nitrogens with zero attached hydrogens (tertiary/aromatic N) is 2. The highest BCUT2D eigenvalue weighted by molar-refractivity contribution is 7.07. The molecule has 9 heteroatoms. The molecule has 0 radical (unpaired) electrons. The third-order valence-corrected chi connectivity index (χ3v) is 5.67. The number of nitro groups is 1. The van der Waals surface area contributed by atoms with Gasteiger partial charge >= 0.3 is 0 Å². The van der Waals surface area contributed by atoms with Crippen LogP contribution in [0.15, 0.2) is 35.0 Å². The number of hydrogen-bond donors (Lipinski definition) is 1. The number of piperazine rings is 1. The number of benzene rings is 1. The highest BCUT2D eigenvalue weighted by Gasteiger charge is 2.24. The number of fused-ring (bicyclic) bond motifs is 1. The quantitative estimate of drug-likeness (QED) is 0.463. The number of rotatable bonds is 5. The summed E-state index contributed by atoms with van der Waals surface area (Å²) in [6, 6.07) is 5.00. The van der Waals surface area contributed by atoms with Crippen molar-refractivity contribution in [2.24, 2.45) is 0 Å². The van der Waals surface area contributed by atoms with Crippen molar-refractivity contribution in [2.75, 3.05) is 33.0 Å². The van der Waals surface area contributed by atoms with E-state index in [9.17, 15) is 14.9 Å².